The van der Waals surface area contributed by atoms with Crippen LogP contribution in [0.25, 0.3) is 0 Å². The number of nitrogens with one attached hydrogen (secondary N) is 1. The minimum Gasteiger partial charge on any atom is -0.387 e. The Hall–Kier alpha value is -1.22. The molecular formula is C16H23ClN2O. The fraction of sp³-hybridized carbons (Fsp3) is 0.562. The first kappa shape index (κ1) is 15.2. The Morgan fingerprint density at radius 2 is 2.20 bits per heavy atom. The lowest BCUT2D eigenvalue weighted by atomic mass is 10.1. The molecule has 1 heterocycles. The summed E-state index contributed by atoms with van der Waals surface area (Å²) in [5.41, 5.74) is 1.53. The number of anilines is 1. The highest BCUT2D eigenvalue weighted by Gasteiger charge is 2.26. The largest absolute Gasteiger partial charge is 0.387 e. The van der Waals surface area contributed by atoms with Crippen LogP contribution in [0.5, 0.6) is 0 Å². The molecule has 0 bridgehead atoms. The highest BCUT2D eigenvalue weighted by molar-refractivity contribution is 6.31. The third kappa shape index (κ3) is 3.26. The third-order valence-electron chi connectivity index (χ3n) is 4.09. The number of hydrogen-bond acceptors (Lipinski definition) is 2. The summed E-state index contributed by atoms with van der Waals surface area (Å²) in [7, 11) is 1.83. The molecule has 1 aliphatic heterocycles. The molecule has 0 aromatic heterocycles. The second-order valence-corrected chi connectivity index (χ2v) is 5.79. The molecule has 1 aromatic rings. The highest BCUT2D eigenvalue weighted by atomic mass is 35.5. The quantitative estimate of drug-likeness (QED) is 0.907. The van der Waals surface area contributed by atoms with Gasteiger partial charge in [0.15, 0.2) is 0 Å². The molecule has 2 rings (SSSR count). The smallest absolute Gasteiger partial charge is 0.256 e. The van der Waals surface area contributed by atoms with Gasteiger partial charge in [-0.15, -0.1) is 0 Å². The van der Waals surface area contributed by atoms with Crippen LogP contribution in [0.15, 0.2) is 18.2 Å². The highest BCUT2D eigenvalue weighted by Crippen LogP contribution is 2.26. The van der Waals surface area contributed by atoms with E-state index in [1.165, 1.54) is 12.8 Å². The molecule has 110 valence electrons. The summed E-state index contributed by atoms with van der Waals surface area (Å²) < 4.78 is 0. The van der Waals surface area contributed by atoms with Crippen molar-refractivity contribution in [3.8, 4) is 0 Å². The molecule has 0 radical (unpaired) electrons. The number of hydrogen-bond donors (Lipinski definition) is 1. The Morgan fingerprint density at radius 3 is 2.90 bits per heavy atom. The van der Waals surface area contributed by atoms with Gasteiger partial charge in [0.1, 0.15) is 0 Å². The molecule has 20 heavy (non-hydrogen) atoms. The van der Waals surface area contributed by atoms with Gasteiger partial charge >= 0.3 is 0 Å². The van der Waals surface area contributed by atoms with Gasteiger partial charge in [0.25, 0.3) is 5.91 Å². The summed E-state index contributed by atoms with van der Waals surface area (Å²) in [5, 5.41) is 3.69. The van der Waals surface area contributed by atoms with E-state index in [0.29, 0.717) is 16.6 Å². The van der Waals surface area contributed by atoms with Crippen LogP contribution in [-0.2, 0) is 0 Å². The van der Waals surface area contributed by atoms with Crippen molar-refractivity contribution in [3.63, 3.8) is 0 Å². The molecule has 4 heteroatoms. The first-order valence-corrected chi connectivity index (χ1v) is 7.83. The molecule has 1 amide bonds. The summed E-state index contributed by atoms with van der Waals surface area (Å²) in [6.45, 7) is 3.01. The van der Waals surface area contributed by atoms with Crippen molar-refractivity contribution in [2.24, 2.45) is 0 Å². The summed E-state index contributed by atoms with van der Waals surface area (Å²) in [6.07, 6.45) is 5.65. The zero-order valence-electron chi connectivity index (χ0n) is 12.3. The average molecular weight is 295 g/mol. The van der Waals surface area contributed by atoms with E-state index in [1.54, 1.807) is 6.07 Å². The zero-order valence-corrected chi connectivity index (χ0v) is 13.0. The Labute approximate surface area is 126 Å². The first-order valence-electron chi connectivity index (χ1n) is 7.45. The molecule has 1 unspecified atom stereocenters. The second kappa shape index (κ2) is 6.98. The van der Waals surface area contributed by atoms with Crippen molar-refractivity contribution >= 4 is 23.2 Å². The van der Waals surface area contributed by atoms with E-state index in [0.717, 1.165) is 31.5 Å². The maximum absolute atomic E-state index is 12.9. The number of carbonyl (C=O) groups is 1. The van der Waals surface area contributed by atoms with Gasteiger partial charge in [0.05, 0.1) is 5.56 Å². The predicted molar refractivity (Wildman–Crippen MR) is 84.6 cm³/mol. The minimum atomic E-state index is 0.102. The molecule has 1 aliphatic rings. The lowest BCUT2D eigenvalue weighted by molar-refractivity contribution is 0.0679. The van der Waals surface area contributed by atoms with Gasteiger partial charge < -0.3 is 10.2 Å². The van der Waals surface area contributed by atoms with Gasteiger partial charge in [-0.05, 0) is 37.5 Å². The lowest BCUT2D eigenvalue weighted by Gasteiger charge is -2.30. The van der Waals surface area contributed by atoms with E-state index in [2.05, 4.69) is 12.2 Å². The Morgan fingerprint density at radius 1 is 1.40 bits per heavy atom. The van der Waals surface area contributed by atoms with Crippen LogP contribution in [0.1, 0.15) is 49.4 Å². The maximum Gasteiger partial charge on any atom is 0.256 e. The van der Waals surface area contributed by atoms with Crippen LogP contribution in [0.3, 0.4) is 0 Å². The molecule has 1 N–H and O–H groups in total. The molecule has 0 spiro atoms. The molecule has 3 nitrogen and oxygen atoms in total. The van der Waals surface area contributed by atoms with Gasteiger partial charge in [-0.2, -0.15) is 0 Å². The summed E-state index contributed by atoms with van der Waals surface area (Å²) in [6, 6.07) is 5.81. The van der Waals surface area contributed by atoms with Gasteiger partial charge in [0.2, 0.25) is 0 Å². The van der Waals surface area contributed by atoms with E-state index in [1.807, 2.05) is 24.1 Å². The number of benzene rings is 1. The van der Waals surface area contributed by atoms with E-state index in [4.69, 9.17) is 11.6 Å². The van der Waals surface area contributed by atoms with Crippen molar-refractivity contribution in [1.82, 2.24) is 4.90 Å². The second-order valence-electron chi connectivity index (χ2n) is 5.35. The Balaban J connectivity index is 2.30. The molecule has 0 aliphatic carbocycles. The van der Waals surface area contributed by atoms with Crippen LogP contribution < -0.4 is 5.32 Å². The van der Waals surface area contributed by atoms with E-state index < -0.39 is 0 Å². The van der Waals surface area contributed by atoms with Crippen molar-refractivity contribution in [2.75, 3.05) is 18.9 Å². The maximum atomic E-state index is 12.9. The fourth-order valence-corrected chi connectivity index (χ4v) is 3.11. The van der Waals surface area contributed by atoms with Crippen LogP contribution in [0.2, 0.25) is 5.02 Å². The lowest BCUT2D eigenvalue weighted by Crippen LogP contribution is -2.39. The number of amides is 1. The van der Waals surface area contributed by atoms with E-state index in [-0.39, 0.29) is 5.91 Å². The van der Waals surface area contributed by atoms with E-state index in [9.17, 15) is 4.79 Å². The molecule has 0 saturated carbocycles. The van der Waals surface area contributed by atoms with Crippen LogP contribution in [0, 0.1) is 0 Å². The van der Waals surface area contributed by atoms with Crippen molar-refractivity contribution in [2.45, 2.75) is 45.1 Å². The number of halogens is 1. The van der Waals surface area contributed by atoms with Crippen LogP contribution in [-0.4, -0.2) is 30.4 Å². The number of nitrogens with zero attached hydrogens (tertiary/aromatic N) is 1. The van der Waals surface area contributed by atoms with E-state index >= 15 is 0 Å². The van der Waals surface area contributed by atoms with Crippen LogP contribution in [0.4, 0.5) is 5.69 Å². The van der Waals surface area contributed by atoms with Crippen molar-refractivity contribution in [1.29, 1.82) is 0 Å². The van der Waals surface area contributed by atoms with Gasteiger partial charge in [0, 0.05) is 30.3 Å². The molecule has 1 atom stereocenters. The molecule has 1 saturated heterocycles. The minimum absolute atomic E-state index is 0.102. The SMILES string of the molecule is CCC1CCCCCN1C(=O)c1cc(Cl)ccc1NC. The summed E-state index contributed by atoms with van der Waals surface area (Å²) in [5.74, 6) is 0.102. The Kier molecular flexibility index (Phi) is 5.30. The normalized spacial score (nSPS) is 19.6. The molecule has 1 aromatic carbocycles. The number of likely N-dealkylation sites (tertiary alicyclic amines) is 1. The van der Waals surface area contributed by atoms with Gasteiger partial charge in [-0.3, -0.25) is 4.79 Å². The Bertz CT molecular complexity index is 476. The topological polar surface area (TPSA) is 32.3 Å². The van der Waals surface area contributed by atoms with Gasteiger partial charge in [-0.1, -0.05) is 31.4 Å². The zero-order chi connectivity index (χ0) is 14.5. The van der Waals surface area contributed by atoms with Crippen molar-refractivity contribution in [3.05, 3.63) is 28.8 Å². The first-order chi connectivity index (χ1) is 9.67. The molecular weight excluding hydrogens is 272 g/mol. The molecule has 1 fully saturated rings. The average Bonchev–Trinajstić information content (AvgIpc) is 2.71. The number of carbonyl (C=O) groups excluding carboxylic acids is 1. The van der Waals surface area contributed by atoms with Crippen LogP contribution >= 0.6 is 11.6 Å². The third-order valence-corrected chi connectivity index (χ3v) is 4.33. The fourth-order valence-electron chi connectivity index (χ4n) is 2.94. The summed E-state index contributed by atoms with van der Waals surface area (Å²) in [4.78, 5) is 14.9. The number of rotatable bonds is 3. The summed E-state index contributed by atoms with van der Waals surface area (Å²) >= 11 is 6.06. The predicted octanol–water partition coefficient (Wildman–Crippen LogP) is 4.18. The standard InChI is InChI=1S/C16H23ClN2O/c1-3-13-7-5-4-6-10-19(13)16(20)14-11-12(17)8-9-15(14)18-2/h8-9,11,13,18H,3-7,10H2,1-2H3. The monoisotopic (exact) mass is 294 g/mol. The van der Waals surface area contributed by atoms with Gasteiger partial charge in [-0.25, -0.2) is 0 Å². The van der Waals surface area contributed by atoms with Crippen molar-refractivity contribution < 1.29 is 4.79 Å².